The van der Waals surface area contributed by atoms with Gasteiger partial charge in [0, 0.05) is 36.7 Å². The minimum absolute atomic E-state index is 0.0456. The molecule has 3 N–H and O–H groups in total. The highest BCUT2D eigenvalue weighted by Gasteiger charge is 2.29. The van der Waals surface area contributed by atoms with Gasteiger partial charge in [0.1, 0.15) is 17.3 Å². The van der Waals surface area contributed by atoms with Gasteiger partial charge in [-0.1, -0.05) is 0 Å². The fourth-order valence-electron chi connectivity index (χ4n) is 3.30. The molecule has 0 aliphatic carbocycles. The highest BCUT2D eigenvalue weighted by Crippen LogP contribution is 2.29. The highest BCUT2D eigenvalue weighted by atomic mass is 32.2. The standard InChI is InChI=1S/C18H21N5O5S/c24-13-2-1-12(16(25)9-13)10-19-22-18-20-15-3-8-29(26,27)11-14(15)17(21-18)23-4-6-28-7-5-23/h1-2,9-10,24-25H,3-8,11H2,(H,20,21,22)/b19-10+. The molecule has 0 unspecified atom stereocenters. The predicted octanol–water partition coefficient (Wildman–Crippen LogP) is 0.641. The first-order valence-corrected chi connectivity index (χ1v) is 11.0. The molecule has 0 saturated carbocycles. The zero-order chi connectivity index (χ0) is 20.4. The third kappa shape index (κ3) is 4.40. The maximum atomic E-state index is 12.1. The fourth-order valence-corrected chi connectivity index (χ4v) is 4.69. The number of aromatic nitrogens is 2. The van der Waals surface area contributed by atoms with Gasteiger partial charge >= 0.3 is 0 Å². The number of phenolic OH excluding ortho intramolecular Hbond substituents is 2. The van der Waals surface area contributed by atoms with Crippen molar-refractivity contribution >= 4 is 27.8 Å². The lowest BCUT2D eigenvalue weighted by molar-refractivity contribution is 0.122. The zero-order valence-corrected chi connectivity index (χ0v) is 16.4. The van der Waals surface area contributed by atoms with Crippen molar-refractivity contribution in [3.8, 4) is 11.5 Å². The molecule has 1 aromatic carbocycles. The molecule has 2 aromatic rings. The summed E-state index contributed by atoms with van der Waals surface area (Å²) in [5, 5.41) is 23.2. The van der Waals surface area contributed by atoms with E-state index in [4.69, 9.17) is 4.74 Å². The minimum Gasteiger partial charge on any atom is -0.508 e. The maximum absolute atomic E-state index is 12.1. The van der Waals surface area contributed by atoms with Gasteiger partial charge in [-0.2, -0.15) is 10.1 Å². The van der Waals surface area contributed by atoms with Crippen molar-refractivity contribution in [3.05, 3.63) is 35.0 Å². The minimum atomic E-state index is -3.17. The van der Waals surface area contributed by atoms with Crippen molar-refractivity contribution in [1.29, 1.82) is 0 Å². The average molecular weight is 419 g/mol. The number of rotatable bonds is 4. The van der Waals surface area contributed by atoms with E-state index in [1.54, 1.807) is 0 Å². The summed E-state index contributed by atoms with van der Waals surface area (Å²) in [5.74, 6) is 0.673. The summed E-state index contributed by atoms with van der Waals surface area (Å²) >= 11 is 0. The number of aromatic hydroxyl groups is 2. The molecule has 0 amide bonds. The van der Waals surface area contributed by atoms with Crippen LogP contribution in [0.4, 0.5) is 11.8 Å². The first kappa shape index (κ1) is 19.4. The lowest BCUT2D eigenvalue weighted by atomic mass is 10.1. The molecule has 0 radical (unpaired) electrons. The van der Waals surface area contributed by atoms with Crippen LogP contribution in [0.15, 0.2) is 23.3 Å². The number of sulfone groups is 1. The van der Waals surface area contributed by atoms with Crippen molar-refractivity contribution in [2.75, 3.05) is 42.4 Å². The smallest absolute Gasteiger partial charge is 0.245 e. The third-order valence-electron chi connectivity index (χ3n) is 4.78. The van der Waals surface area contributed by atoms with Gasteiger partial charge in [-0.25, -0.2) is 18.8 Å². The number of hydrogen-bond donors (Lipinski definition) is 3. The SMILES string of the molecule is O=S1(=O)CCc2nc(N/N=C/c3ccc(O)cc3O)nc(N3CCOCC3)c2C1. The first-order chi connectivity index (χ1) is 13.9. The fraction of sp³-hybridized carbons (Fsp3) is 0.389. The number of fused-ring (bicyclic) bond motifs is 1. The van der Waals surface area contributed by atoms with Crippen LogP contribution in [0, 0.1) is 0 Å². The Morgan fingerprint density at radius 2 is 2.00 bits per heavy atom. The van der Waals surface area contributed by atoms with E-state index in [1.807, 2.05) is 4.90 Å². The summed E-state index contributed by atoms with van der Waals surface area (Å²) in [6.45, 7) is 2.33. The van der Waals surface area contributed by atoms with Gasteiger partial charge in [0.15, 0.2) is 9.84 Å². The number of phenols is 2. The second-order valence-electron chi connectivity index (χ2n) is 6.85. The molecule has 2 aliphatic rings. The van der Waals surface area contributed by atoms with Gasteiger partial charge in [0.05, 0.1) is 36.6 Å². The van der Waals surface area contributed by atoms with Crippen molar-refractivity contribution in [2.45, 2.75) is 12.2 Å². The summed E-state index contributed by atoms with van der Waals surface area (Å²) in [6.07, 6.45) is 1.71. The van der Waals surface area contributed by atoms with Crippen molar-refractivity contribution < 1.29 is 23.4 Å². The molecule has 154 valence electrons. The van der Waals surface area contributed by atoms with Crippen LogP contribution >= 0.6 is 0 Å². The van der Waals surface area contributed by atoms with Gasteiger partial charge in [-0.3, -0.25) is 0 Å². The van der Waals surface area contributed by atoms with Crippen LogP contribution < -0.4 is 10.3 Å². The summed E-state index contributed by atoms with van der Waals surface area (Å²) < 4.78 is 29.7. The van der Waals surface area contributed by atoms with Gasteiger partial charge < -0.3 is 19.8 Å². The van der Waals surface area contributed by atoms with Crippen molar-refractivity contribution in [1.82, 2.24) is 9.97 Å². The normalized spacial score (nSPS) is 18.6. The van der Waals surface area contributed by atoms with Crippen LogP contribution in [0.3, 0.4) is 0 Å². The van der Waals surface area contributed by atoms with Crippen LogP contribution in [0.1, 0.15) is 16.8 Å². The summed E-state index contributed by atoms with van der Waals surface area (Å²) in [7, 11) is -3.17. The molecule has 1 saturated heterocycles. The second-order valence-corrected chi connectivity index (χ2v) is 9.03. The molecule has 2 aliphatic heterocycles. The summed E-state index contributed by atoms with van der Waals surface area (Å²) in [4.78, 5) is 11.0. The molecule has 29 heavy (non-hydrogen) atoms. The Hall–Kier alpha value is -2.92. The number of aryl methyl sites for hydroxylation is 1. The van der Waals surface area contributed by atoms with Crippen molar-refractivity contribution in [2.24, 2.45) is 5.10 Å². The van der Waals surface area contributed by atoms with Gasteiger partial charge in [0.2, 0.25) is 5.95 Å². The lowest BCUT2D eigenvalue weighted by Crippen LogP contribution is -2.38. The molecular weight excluding hydrogens is 398 g/mol. The average Bonchev–Trinajstić information content (AvgIpc) is 2.69. The largest absolute Gasteiger partial charge is 0.508 e. The Morgan fingerprint density at radius 1 is 1.21 bits per heavy atom. The molecule has 0 bridgehead atoms. The Bertz CT molecular complexity index is 1050. The van der Waals surface area contributed by atoms with E-state index in [2.05, 4.69) is 20.5 Å². The highest BCUT2D eigenvalue weighted by molar-refractivity contribution is 7.90. The Balaban J connectivity index is 1.63. The maximum Gasteiger partial charge on any atom is 0.245 e. The van der Waals surface area contributed by atoms with Gasteiger partial charge in [-0.15, -0.1) is 0 Å². The van der Waals surface area contributed by atoms with Crippen LogP contribution in [-0.2, 0) is 26.7 Å². The number of hydrogen-bond acceptors (Lipinski definition) is 10. The monoisotopic (exact) mass is 419 g/mol. The number of nitrogens with zero attached hydrogens (tertiary/aromatic N) is 4. The Labute approximate surface area is 167 Å². The van der Waals surface area contributed by atoms with Gasteiger partial charge in [-0.05, 0) is 12.1 Å². The first-order valence-electron chi connectivity index (χ1n) is 9.15. The molecule has 1 fully saturated rings. The van der Waals surface area contributed by atoms with Crippen molar-refractivity contribution in [3.63, 3.8) is 0 Å². The molecule has 0 atom stereocenters. The zero-order valence-electron chi connectivity index (χ0n) is 15.6. The van der Waals surface area contributed by atoms with E-state index < -0.39 is 9.84 Å². The lowest BCUT2D eigenvalue weighted by Gasteiger charge is -2.31. The van der Waals surface area contributed by atoms with E-state index >= 15 is 0 Å². The van der Waals surface area contributed by atoms with E-state index in [0.29, 0.717) is 55.4 Å². The molecule has 0 spiro atoms. The third-order valence-corrected chi connectivity index (χ3v) is 6.33. The molecule has 10 nitrogen and oxygen atoms in total. The van der Waals surface area contributed by atoms with Crippen LogP contribution in [-0.4, -0.2) is 66.9 Å². The molecular formula is C18H21N5O5S. The molecule has 1 aromatic heterocycles. The molecule has 3 heterocycles. The number of hydrazone groups is 1. The second kappa shape index (κ2) is 7.84. The van der Waals surface area contributed by atoms with Gasteiger partial charge in [0.25, 0.3) is 0 Å². The topological polar surface area (TPSA) is 137 Å². The number of anilines is 2. The van der Waals surface area contributed by atoms with E-state index in [-0.39, 0.29) is 29.0 Å². The number of benzene rings is 1. The van der Waals surface area contributed by atoms with Crippen LogP contribution in [0.5, 0.6) is 11.5 Å². The van der Waals surface area contributed by atoms with E-state index in [9.17, 15) is 18.6 Å². The molecule has 4 rings (SSSR count). The van der Waals surface area contributed by atoms with E-state index in [0.717, 1.165) is 0 Å². The summed E-state index contributed by atoms with van der Waals surface area (Å²) in [5.41, 5.74) is 4.50. The summed E-state index contributed by atoms with van der Waals surface area (Å²) in [6, 6.07) is 4.18. The Kier molecular flexibility index (Phi) is 5.24. The predicted molar refractivity (Wildman–Crippen MR) is 107 cm³/mol. The van der Waals surface area contributed by atoms with Crippen LogP contribution in [0.25, 0.3) is 0 Å². The Morgan fingerprint density at radius 3 is 2.76 bits per heavy atom. The number of morpholine rings is 1. The number of ether oxygens (including phenoxy) is 1. The quantitative estimate of drug-likeness (QED) is 0.481. The molecule has 11 heteroatoms. The van der Waals surface area contributed by atoms with Crippen LogP contribution in [0.2, 0.25) is 0 Å². The van der Waals surface area contributed by atoms with E-state index in [1.165, 1.54) is 24.4 Å². The number of nitrogens with one attached hydrogen (secondary N) is 1.